The van der Waals surface area contributed by atoms with Crippen molar-refractivity contribution in [3.05, 3.63) is 40.7 Å². The number of nitrogen functional groups attached to an aromatic ring is 1. The van der Waals surface area contributed by atoms with Crippen molar-refractivity contribution in [2.24, 2.45) is 7.05 Å². The summed E-state index contributed by atoms with van der Waals surface area (Å²) in [7, 11) is 1.84. The molecule has 0 saturated carbocycles. The maximum Gasteiger partial charge on any atom is 0.340 e. The summed E-state index contributed by atoms with van der Waals surface area (Å²) < 4.78 is 6.73. The third kappa shape index (κ3) is 3.66. The van der Waals surface area contributed by atoms with Crippen LogP contribution in [0.1, 0.15) is 22.8 Å². The summed E-state index contributed by atoms with van der Waals surface area (Å²) in [5.74, 6) is -0.458. The topological polar surface area (TPSA) is 82.2 Å². The smallest absolute Gasteiger partial charge is 0.340 e. The number of halogens is 1. The fourth-order valence-corrected chi connectivity index (χ4v) is 2.23. The molecule has 0 fully saturated rings. The van der Waals surface area contributed by atoms with Gasteiger partial charge in [-0.25, -0.2) is 4.79 Å². The lowest BCUT2D eigenvalue weighted by Crippen LogP contribution is -2.11. The highest BCUT2D eigenvalue weighted by Crippen LogP contribution is 2.30. The van der Waals surface area contributed by atoms with Crippen LogP contribution in [-0.2, 0) is 18.3 Å². The molecule has 0 spiro atoms. The van der Waals surface area contributed by atoms with E-state index in [0.717, 1.165) is 5.56 Å². The molecule has 0 amide bonds. The average molecular weight is 309 g/mol. The minimum absolute atomic E-state index is 0.285. The SMILES string of the molecule is CCOC(=O)c1cc(N)cc(Cl)c1NCc1cnn(C)c1. The molecule has 7 heteroatoms. The Kier molecular flexibility index (Phi) is 4.70. The number of rotatable bonds is 5. The van der Waals surface area contributed by atoms with Gasteiger partial charge in [0.15, 0.2) is 0 Å². The van der Waals surface area contributed by atoms with Gasteiger partial charge in [-0.1, -0.05) is 11.6 Å². The molecule has 0 radical (unpaired) electrons. The summed E-state index contributed by atoms with van der Waals surface area (Å²) in [6.07, 6.45) is 3.62. The van der Waals surface area contributed by atoms with Crippen molar-refractivity contribution < 1.29 is 9.53 Å². The Bertz CT molecular complexity index is 654. The number of carbonyl (C=O) groups excluding carboxylic acids is 1. The van der Waals surface area contributed by atoms with Gasteiger partial charge in [0.25, 0.3) is 0 Å². The van der Waals surface area contributed by atoms with Crippen LogP contribution in [0, 0.1) is 0 Å². The van der Waals surface area contributed by atoms with Gasteiger partial charge in [0.1, 0.15) is 0 Å². The minimum Gasteiger partial charge on any atom is -0.462 e. The number of aromatic nitrogens is 2. The Labute approximate surface area is 127 Å². The van der Waals surface area contributed by atoms with Crippen LogP contribution in [-0.4, -0.2) is 22.4 Å². The molecule has 0 aliphatic carbocycles. The normalized spacial score (nSPS) is 10.4. The van der Waals surface area contributed by atoms with Gasteiger partial charge in [-0.05, 0) is 19.1 Å². The third-order valence-electron chi connectivity index (χ3n) is 2.84. The van der Waals surface area contributed by atoms with Crippen LogP contribution in [0.3, 0.4) is 0 Å². The first kappa shape index (κ1) is 15.2. The lowest BCUT2D eigenvalue weighted by molar-refractivity contribution is 0.0527. The van der Waals surface area contributed by atoms with Crippen molar-refractivity contribution in [1.82, 2.24) is 9.78 Å². The number of esters is 1. The molecule has 2 rings (SSSR count). The van der Waals surface area contributed by atoms with E-state index in [4.69, 9.17) is 22.1 Å². The molecule has 1 aromatic carbocycles. The monoisotopic (exact) mass is 308 g/mol. The van der Waals surface area contributed by atoms with Crippen LogP contribution >= 0.6 is 11.6 Å². The van der Waals surface area contributed by atoms with Gasteiger partial charge in [-0.2, -0.15) is 5.10 Å². The van der Waals surface area contributed by atoms with Crippen molar-refractivity contribution >= 4 is 28.9 Å². The van der Waals surface area contributed by atoms with Crippen molar-refractivity contribution in [3.8, 4) is 0 Å². The van der Waals surface area contributed by atoms with Crippen LogP contribution in [0.2, 0.25) is 5.02 Å². The van der Waals surface area contributed by atoms with Crippen molar-refractivity contribution in [2.75, 3.05) is 17.7 Å². The van der Waals surface area contributed by atoms with Gasteiger partial charge < -0.3 is 15.8 Å². The number of benzene rings is 1. The van der Waals surface area contributed by atoms with Gasteiger partial charge in [0.05, 0.1) is 29.1 Å². The summed E-state index contributed by atoms with van der Waals surface area (Å²) in [5, 5.41) is 7.60. The number of carbonyl (C=O) groups is 1. The van der Waals surface area contributed by atoms with Gasteiger partial charge in [-0.15, -0.1) is 0 Å². The zero-order chi connectivity index (χ0) is 15.4. The predicted molar refractivity (Wildman–Crippen MR) is 82.4 cm³/mol. The van der Waals surface area contributed by atoms with Gasteiger partial charge in [0, 0.05) is 31.0 Å². The van der Waals surface area contributed by atoms with Gasteiger partial charge >= 0.3 is 5.97 Å². The minimum atomic E-state index is -0.458. The van der Waals surface area contributed by atoms with E-state index in [1.54, 1.807) is 29.9 Å². The zero-order valence-corrected chi connectivity index (χ0v) is 12.6. The predicted octanol–water partition coefficient (Wildman–Crippen LogP) is 2.44. The number of nitrogens with one attached hydrogen (secondary N) is 1. The quantitative estimate of drug-likeness (QED) is 0.655. The van der Waals surface area contributed by atoms with Gasteiger partial charge in [0.2, 0.25) is 0 Å². The second-order valence-electron chi connectivity index (χ2n) is 4.52. The van der Waals surface area contributed by atoms with Crippen LogP contribution in [0.4, 0.5) is 11.4 Å². The average Bonchev–Trinajstić information content (AvgIpc) is 2.83. The molecule has 1 aromatic heterocycles. The summed E-state index contributed by atoms with van der Waals surface area (Å²) in [6.45, 7) is 2.52. The fraction of sp³-hybridized carbons (Fsp3) is 0.286. The lowest BCUT2D eigenvalue weighted by Gasteiger charge is -2.13. The van der Waals surface area contributed by atoms with Crippen molar-refractivity contribution in [3.63, 3.8) is 0 Å². The maximum absolute atomic E-state index is 12.0. The second kappa shape index (κ2) is 6.49. The highest BCUT2D eigenvalue weighted by Gasteiger charge is 2.16. The lowest BCUT2D eigenvalue weighted by atomic mass is 10.1. The highest BCUT2D eigenvalue weighted by atomic mass is 35.5. The second-order valence-corrected chi connectivity index (χ2v) is 4.93. The number of aryl methyl sites for hydroxylation is 1. The van der Waals surface area contributed by atoms with Crippen LogP contribution in [0.25, 0.3) is 0 Å². The number of ether oxygens (including phenoxy) is 1. The van der Waals surface area contributed by atoms with E-state index < -0.39 is 5.97 Å². The Morgan fingerprint density at radius 2 is 2.29 bits per heavy atom. The number of nitrogens with zero attached hydrogens (tertiary/aromatic N) is 2. The highest BCUT2D eigenvalue weighted by molar-refractivity contribution is 6.34. The number of hydrogen-bond donors (Lipinski definition) is 2. The van der Waals surface area contributed by atoms with Crippen LogP contribution in [0.5, 0.6) is 0 Å². The first-order chi connectivity index (χ1) is 10.0. The summed E-state index contributed by atoms with van der Waals surface area (Å²) in [5.41, 5.74) is 7.96. The molecule has 3 N–H and O–H groups in total. The molecule has 2 aromatic rings. The van der Waals surface area contributed by atoms with Crippen LogP contribution < -0.4 is 11.1 Å². The first-order valence-corrected chi connectivity index (χ1v) is 6.86. The third-order valence-corrected chi connectivity index (χ3v) is 3.13. The van der Waals surface area contributed by atoms with E-state index in [9.17, 15) is 4.79 Å². The summed E-state index contributed by atoms with van der Waals surface area (Å²) in [4.78, 5) is 12.0. The Morgan fingerprint density at radius 3 is 2.90 bits per heavy atom. The van der Waals surface area contributed by atoms with Crippen molar-refractivity contribution in [1.29, 1.82) is 0 Å². The number of anilines is 2. The van der Waals surface area contributed by atoms with Gasteiger partial charge in [-0.3, -0.25) is 4.68 Å². The molecule has 0 atom stereocenters. The fourth-order valence-electron chi connectivity index (χ4n) is 1.93. The van der Waals surface area contributed by atoms with E-state index in [1.807, 2.05) is 13.2 Å². The van der Waals surface area contributed by atoms with Crippen LogP contribution in [0.15, 0.2) is 24.5 Å². The van der Waals surface area contributed by atoms with E-state index in [-0.39, 0.29) is 6.61 Å². The summed E-state index contributed by atoms with van der Waals surface area (Å²) >= 11 is 6.18. The molecule has 112 valence electrons. The first-order valence-electron chi connectivity index (χ1n) is 6.48. The molecule has 0 aliphatic heterocycles. The van der Waals surface area contributed by atoms with E-state index in [0.29, 0.717) is 28.5 Å². The van der Waals surface area contributed by atoms with E-state index >= 15 is 0 Å². The molecule has 0 aliphatic rings. The molecule has 0 saturated heterocycles. The standard InChI is InChI=1S/C14H17ClN4O2/c1-3-21-14(20)11-4-10(16)5-12(15)13(11)17-6-9-7-18-19(2)8-9/h4-5,7-8,17H,3,6,16H2,1-2H3. The molecular formula is C14H17ClN4O2. The number of nitrogens with two attached hydrogens (primary N) is 1. The van der Waals surface area contributed by atoms with Crippen molar-refractivity contribution in [2.45, 2.75) is 13.5 Å². The summed E-state index contributed by atoms with van der Waals surface area (Å²) in [6, 6.07) is 3.14. The molecule has 1 heterocycles. The molecular weight excluding hydrogens is 292 g/mol. The maximum atomic E-state index is 12.0. The van der Waals surface area contributed by atoms with E-state index in [1.165, 1.54) is 0 Å². The molecule has 0 unspecified atom stereocenters. The molecule has 0 bridgehead atoms. The Balaban J connectivity index is 2.26. The zero-order valence-electron chi connectivity index (χ0n) is 11.9. The Morgan fingerprint density at radius 1 is 1.52 bits per heavy atom. The van der Waals surface area contributed by atoms with E-state index in [2.05, 4.69) is 10.4 Å². The molecule has 6 nitrogen and oxygen atoms in total. The number of hydrogen-bond acceptors (Lipinski definition) is 5. The Hall–Kier alpha value is -2.21. The largest absolute Gasteiger partial charge is 0.462 e. The molecule has 21 heavy (non-hydrogen) atoms.